The van der Waals surface area contributed by atoms with Gasteiger partial charge in [-0.05, 0) is 24.8 Å². The van der Waals surface area contributed by atoms with Crippen LogP contribution in [0.2, 0.25) is 5.15 Å². The molecule has 1 aromatic rings. The van der Waals surface area contributed by atoms with E-state index in [-0.39, 0.29) is 0 Å². The lowest BCUT2D eigenvalue weighted by Crippen LogP contribution is -2.29. The topological polar surface area (TPSA) is 28.5 Å². The van der Waals surface area contributed by atoms with E-state index in [4.69, 9.17) is 11.6 Å². The number of nitrogens with zero attached hydrogens (tertiary/aromatic N) is 3. The highest BCUT2D eigenvalue weighted by atomic mass is 35.5. The van der Waals surface area contributed by atoms with Crippen molar-refractivity contribution in [3.8, 4) is 0 Å². The van der Waals surface area contributed by atoms with Crippen molar-refractivity contribution in [2.24, 2.45) is 4.99 Å². The average Bonchev–Trinajstić information content (AvgIpc) is 2.31. The molecule has 0 aliphatic rings. The molecule has 0 aliphatic heterocycles. The summed E-state index contributed by atoms with van der Waals surface area (Å²) in [5, 5.41) is 1.50. The van der Waals surface area contributed by atoms with Crippen LogP contribution in [0.3, 0.4) is 0 Å². The number of hydrogen-bond donors (Lipinski definition) is 0. The van der Waals surface area contributed by atoms with Crippen molar-refractivity contribution < 1.29 is 0 Å². The van der Waals surface area contributed by atoms with Gasteiger partial charge < -0.3 is 4.90 Å². The third-order valence-corrected chi connectivity index (χ3v) is 3.07. The Morgan fingerprint density at radius 1 is 1.56 bits per heavy atom. The molecule has 1 rings (SSSR count). The molecule has 3 nitrogen and oxygen atoms in total. The number of aromatic nitrogens is 1. The fraction of sp³-hybridized carbons (Fsp3) is 0.455. The molecule has 0 saturated heterocycles. The van der Waals surface area contributed by atoms with Crippen LogP contribution in [0.15, 0.2) is 23.3 Å². The number of amidine groups is 1. The number of pyridine rings is 1. The Bertz CT molecular complexity index is 351. The Hall–Kier alpha value is -0.740. The predicted octanol–water partition coefficient (Wildman–Crippen LogP) is 3.30. The summed E-state index contributed by atoms with van der Waals surface area (Å²) in [6.45, 7) is 3.07. The number of anilines is 1. The smallest absolute Gasteiger partial charge is 0.163 e. The zero-order chi connectivity index (χ0) is 12.0. The van der Waals surface area contributed by atoms with E-state index < -0.39 is 0 Å². The van der Waals surface area contributed by atoms with Gasteiger partial charge in [0.15, 0.2) is 5.17 Å². The van der Waals surface area contributed by atoms with E-state index in [1.165, 1.54) is 0 Å². The summed E-state index contributed by atoms with van der Waals surface area (Å²) in [5.74, 6) is 0. The van der Waals surface area contributed by atoms with E-state index in [0.29, 0.717) is 5.15 Å². The Morgan fingerprint density at radius 2 is 2.31 bits per heavy atom. The molecule has 0 bridgehead atoms. The summed E-state index contributed by atoms with van der Waals surface area (Å²) >= 11 is 7.41. The van der Waals surface area contributed by atoms with Gasteiger partial charge in [0.1, 0.15) is 5.15 Å². The molecule has 0 unspecified atom stereocenters. The van der Waals surface area contributed by atoms with Crippen molar-refractivity contribution >= 4 is 34.2 Å². The fourth-order valence-electron chi connectivity index (χ4n) is 1.41. The lowest BCUT2D eigenvalue weighted by Gasteiger charge is -2.23. The van der Waals surface area contributed by atoms with Crippen LogP contribution < -0.4 is 4.90 Å². The van der Waals surface area contributed by atoms with Crippen molar-refractivity contribution in [2.75, 3.05) is 24.7 Å². The van der Waals surface area contributed by atoms with Gasteiger partial charge in [-0.15, -0.1) is 0 Å². The summed E-state index contributed by atoms with van der Waals surface area (Å²) < 4.78 is 0. The molecule has 0 spiro atoms. The predicted molar refractivity (Wildman–Crippen MR) is 73.8 cm³/mol. The molecule has 0 atom stereocenters. The molecule has 0 aliphatic carbocycles. The number of halogens is 1. The zero-order valence-corrected chi connectivity index (χ0v) is 11.3. The number of hydrogen-bond acceptors (Lipinski definition) is 3. The zero-order valence-electron chi connectivity index (χ0n) is 9.77. The van der Waals surface area contributed by atoms with Crippen molar-refractivity contribution in [1.29, 1.82) is 0 Å². The summed E-state index contributed by atoms with van der Waals surface area (Å²) in [6.07, 6.45) is 4.86. The van der Waals surface area contributed by atoms with Crippen LogP contribution in [-0.4, -0.2) is 30.0 Å². The van der Waals surface area contributed by atoms with Gasteiger partial charge in [0, 0.05) is 13.6 Å². The summed E-state index contributed by atoms with van der Waals surface area (Å²) in [6, 6.07) is 3.76. The van der Waals surface area contributed by atoms with Gasteiger partial charge in [0.25, 0.3) is 0 Å². The van der Waals surface area contributed by atoms with Gasteiger partial charge in [-0.25, -0.2) is 4.98 Å². The maximum absolute atomic E-state index is 5.78. The number of thioether (sulfide) groups is 1. The van der Waals surface area contributed by atoms with Crippen LogP contribution in [0.25, 0.3) is 0 Å². The molecule has 0 radical (unpaired) electrons. The van der Waals surface area contributed by atoms with E-state index in [1.54, 1.807) is 31.1 Å². The molecule has 1 aromatic heterocycles. The van der Waals surface area contributed by atoms with Crippen LogP contribution in [-0.2, 0) is 0 Å². The third-order valence-electron chi connectivity index (χ3n) is 2.08. The first-order chi connectivity index (χ1) is 7.72. The second-order valence-electron chi connectivity index (χ2n) is 3.20. The van der Waals surface area contributed by atoms with Crippen LogP contribution in [0.5, 0.6) is 0 Å². The average molecular weight is 258 g/mol. The van der Waals surface area contributed by atoms with Crippen molar-refractivity contribution in [3.05, 3.63) is 23.5 Å². The van der Waals surface area contributed by atoms with E-state index in [2.05, 4.69) is 21.8 Å². The van der Waals surface area contributed by atoms with E-state index in [9.17, 15) is 0 Å². The first-order valence-electron chi connectivity index (χ1n) is 5.12. The molecular formula is C11H16ClN3S. The van der Waals surface area contributed by atoms with Gasteiger partial charge in [-0.2, -0.15) is 0 Å². The molecule has 5 heteroatoms. The Kier molecular flexibility index (Phi) is 5.63. The molecule has 0 aromatic carbocycles. The normalized spacial score (nSPS) is 11.6. The lowest BCUT2D eigenvalue weighted by atomic mass is 10.3. The van der Waals surface area contributed by atoms with Crippen LogP contribution in [0.1, 0.15) is 13.3 Å². The minimum atomic E-state index is 0.513. The van der Waals surface area contributed by atoms with Gasteiger partial charge in [-0.3, -0.25) is 4.99 Å². The van der Waals surface area contributed by atoms with Crippen molar-refractivity contribution in [3.63, 3.8) is 0 Å². The highest BCUT2D eigenvalue weighted by Gasteiger charge is 2.11. The van der Waals surface area contributed by atoms with Crippen molar-refractivity contribution in [1.82, 2.24) is 4.98 Å². The number of rotatable bonds is 3. The second-order valence-corrected chi connectivity index (χ2v) is 4.36. The van der Waals surface area contributed by atoms with Crippen LogP contribution in [0.4, 0.5) is 5.69 Å². The lowest BCUT2D eigenvalue weighted by molar-refractivity contribution is 0.904. The standard InChI is InChI=1S/C11H16ClN3S/c1-4-7-15(11(13-2)16-3)9-5-6-10(12)14-8-9/h5-6,8H,4,7H2,1-3H3/b13-11-. The van der Waals surface area contributed by atoms with Crippen molar-refractivity contribution in [2.45, 2.75) is 13.3 Å². The maximum Gasteiger partial charge on any atom is 0.163 e. The largest absolute Gasteiger partial charge is 0.320 e. The van der Waals surface area contributed by atoms with E-state index in [1.807, 2.05) is 12.3 Å². The quantitative estimate of drug-likeness (QED) is 0.473. The van der Waals surface area contributed by atoms with Gasteiger partial charge >= 0.3 is 0 Å². The second kappa shape index (κ2) is 6.76. The van der Waals surface area contributed by atoms with E-state index in [0.717, 1.165) is 23.8 Å². The fourth-order valence-corrected chi connectivity index (χ4v) is 2.12. The minimum Gasteiger partial charge on any atom is -0.320 e. The molecule has 0 fully saturated rings. The van der Waals surface area contributed by atoms with Crippen LogP contribution >= 0.6 is 23.4 Å². The molecule has 88 valence electrons. The molecule has 0 saturated carbocycles. The third kappa shape index (κ3) is 3.39. The first-order valence-corrected chi connectivity index (χ1v) is 6.73. The monoisotopic (exact) mass is 257 g/mol. The summed E-state index contributed by atoms with van der Waals surface area (Å²) in [4.78, 5) is 10.5. The van der Waals surface area contributed by atoms with Gasteiger partial charge in [0.05, 0.1) is 11.9 Å². The first kappa shape index (κ1) is 13.3. The number of aliphatic imine (C=N–C) groups is 1. The highest BCUT2D eigenvalue weighted by Crippen LogP contribution is 2.19. The molecule has 16 heavy (non-hydrogen) atoms. The summed E-state index contributed by atoms with van der Waals surface area (Å²) in [5.41, 5.74) is 1.03. The SMILES string of the molecule is CCCN(/C(=N/C)SC)c1ccc(Cl)nc1. The highest BCUT2D eigenvalue weighted by molar-refractivity contribution is 8.13. The molecule has 0 N–H and O–H groups in total. The summed E-state index contributed by atoms with van der Waals surface area (Å²) in [7, 11) is 1.80. The van der Waals surface area contributed by atoms with E-state index >= 15 is 0 Å². The maximum atomic E-state index is 5.78. The molecule has 1 heterocycles. The Balaban J connectivity index is 2.97. The Labute approximate surface area is 106 Å². The Morgan fingerprint density at radius 3 is 2.75 bits per heavy atom. The minimum absolute atomic E-state index is 0.513. The van der Waals surface area contributed by atoms with Crippen LogP contribution in [0, 0.1) is 0 Å². The molecule has 0 amide bonds. The molecular weight excluding hydrogens is 242 g/mol. The van der Waals surface area contributed by atoms with Gasteiger partial charge in [-0.1, -0.05) is 30.3 Å². The van der Waals surface area contributed by atoms with Gasteiger partial charge in [0.2, 0.25) is 0 Å².